The van der Waals surface area contributed by atoms with Crippen molar-refractivity contribution in [3.63, 3.8) is 0 Å². The fourth-order valence-corrected chi connectivity index (χ4v) is 3.14. The predicted molar refractivity (Wildman–Crippen MR) is 109 cm³/mol. The number of halogens is 2. The van der Waals surface area contributed by atoms with E-state index in [1.54, 1.807) is 7.05 Å². The number of hydrogen-bond acceptors (Lipinski definition) is 6. The average Bonchev–Trinajstić information content (AvgIpc) is 3.09. The van der Waals surface area contributed by atoms with Crippen molar-refractivity contribution in [2.45, 2.75) is 13.0 Å². The maximum Gasteiger partial charge on any atom is 0.332 e. The molecular weight excluding hydrogens is 409 g/mol. The van der Waals surface area contributed by atoms with Crippen LogP contribution in [0.4, 0.5) is 5.69 Å². The number of pyridine rings is 1. The van der Waals surface area contributed by atoms with E-state index in [4.69, 9.17) is 0 Å². The van der Waals surface area contributed by atoms with Crippen LogP contribution in [-0.2, 0) is 27.1 Å². The van der Waals surface area contributed by atoms with Gasteiger partial charge in [0.2, 0.25) is 0 Å². The van der Waals surface area contributed by atoms with Crippen molar-refractivity contribution in [2.24, 2.45) is 14.1 Å². The van der Waals surface area contributed by atoms with Crippen LogP contribution in [0.15, 0.2) is 21.9 Å². The number of carbonyl (C=O) groups is 1. The molecule has 0 fully saturated rings. The van der Waals surface area contributed by atoms with Gasteiger partial charge in [0.15, 0.2) is 5.69 Å². The monoisotopic (exact) mass is 427 g/mol. The number of fused-ring (bicyclic) bond motifs is 2. The molecule has 0 spiro atoms. The van der Waals surface area contributed by atoms with Gasteiger partial charge in [-0.1, -0.05) is 0 Å². The number of anilines is 1. The van der Waals surface area contributed by atoms with Crippen LogP contribution in [0.1, 0.15) is 21.7 Å². The van der Waals surface area contributed by atoms with Crippen molar-refractivity contribution in [3.8, 4) is 0 Å². The van der Waals surface area contributed by atoms with Crippen LogP contribution >= 0.6 is 24.8 Å². The summed E-state index contributed by atoms with van der Waals surface area (Å²) in [6, 6.07) is 1.51. The minimum atomic E-state index is -0.465. The van der Waals surface area contributed by atoms with Crippen molar-refractivity contribution in [3.05, 3.63) is 50.1 Å². The number of nitrogens with zero attached hydrogens (tertiary/aromatic N) is 4. The van der Waals surface area contributed by atoms with Gasteiger partial charge in [-0.05, 0) is 6.07 Å². The van der Waals surface area contributed by atoms with E-state index in [0.717, 1.165) is 28.8 Å². The molecule has 0 saturated carbocycles. The number of amides is 1. The van der Waals surface area contributed by atoms with Gasteiger partial charge >= 0.3 is 5.69 Å². The normalized spacial score (nSPS) is 12.6. The molecule has 4 heterocycles. The molecule has 0 radical (unpaired) electrons. The Morgan fingerprint density at radius 3 is 2.71 bits per heavy atom. The van der Waals surface area contributed by atoms with Gasteiger partial charge < -0.3 is 10.6 Å². The summed E-state index contributed by atoms with van der Waals surface area (Å²) in [5.74, 6) is -0.381. The molecular formula is C16H19Cl2N7O3. The van der Waals surface area contributed by atoms with Crippen molar-refractivity contribution in [1.29, 1.82) is 0 Å². The van der Waals surface area contributed by atoms with Crippen molar-refractivity contribution < 1.29 is 4.79 Å². The molecule has 150 valence electrons. The maximum atomic E-state index is 12.6. The Kier molecular flexibility index (Phi) is 6.27. The van der Waals surface area contributed by atoms with Gasteiger partial charge in [0, 0.05) is 44.9 Å². The van der Waals surface area contributed by atoms with Gasteiger partial charge in [-0.15, -0.1) is 24.8 Å². The number of carbonyl (C=O) groups excluding carboxylic acids is 1. The third kappa shape index (κ3) is 3.41. The van der Waals surface area contributed by atoms with Crippen molar-refractivity contribution in [1.82, 2.24) is 29.6 Å². The Morgan fingerprint density at radius 1 is 1.21 bits per heavy atom. The highest BCUT2D eigenvalue weighted by atomic mass is 35.5. The topological polar surface area (TPSA) is 127 Å². The lowest BCUT2D eigenvalue weighted by Gasteiger charge is -2.13. The summed E-state index contributed by atoms with van der Waals surface area (Å²) in [6.07, 6.45) is 2.20. The average molecular weight is 428 g/mol. The highest BCUT2D eigenvalue weighted by Gasteiger charge is 2.22. The van der Waals surface area contributed by atoms with Gasteiger partial charge in [-0.3, -0.25) is 23.8 Å². The van der Waals surface area contributed by atoms with E-state index in [2.05, 4.69) is 25.8 Å². The first kappa shape index (κ1) is 21.6. The van der Waals surface area contributed by atoms with Gasteiger partial charge in [-0.25, -0.2) is 9.78 Å². The molecule has 0 unspecified atom stereocenters. The number of rotatable bonds is 2. The van der Waals surface area contributed by atoms with Gasteiger partial charge in [0.1, 0.15) is 5.65 Å². The molecule has 3 aromatic rings. The summed E-state index contributed by atoms with van der Waals surface area (Å²) in [5, 5.41) is 13.2. The summed E-state index contributed by atoms with van der Waals surface area (Å²) in [5.41, 5.74) is 1.82. The molecule has 12 heteroatoms. The lowest BCUT2D eigenvalue weighted by molar-refractivity contribution is 0.102. The van der Waals surface area contributed by atoms with Crippen LogP contribution < -0.4 is 21.9 Å². The first-order valence-electron chi connectivity index (χ1n) is 8.11. The van der Waals surface area contributed by atoms with E-state index in [9.17, 15) is 14.4 Å². The Balaban J connectivity index is 0.00000140. The third-order valence-corrected chi connectivity index (χ3v) is 4.57. The molecule has 0 saturated heterocycles. The zero-order chi connectivity index (χ0) is 18.4. The fraction of sp³-hybridized carbons (Fsp3) is 0.312. The van der Waals surface area contributed by atoms with Crippen LogP contribution in [0.25, 0.3) is 11.0 Å². The minimum Gasteiger partial charge on any atom is -0.319 e. The Hall–Kier alpha value is -2.69. The quantitative estimate of drug-likeness (QED) is 0.532. The second-order valence-electron chi connectivity index (χ2n) is 6.21. The number of aromatic nitrogens is 5. The van der Waals surface area contributed by atoms with Crippen LogP contribution in [0.3, 0.4) is 0 Å². The highest BCUT2D eigenvalue weighted by Crippen LogP contribution is 2.18. The van der Waals surface area contributed by atoms with Gasteiger partial charge in [-0.2, -0.15) is 5.10 Å². The SMILES string of the molecule is Cl.Cl.Cn1c(=O)c2cc(NC(=O)c3n[nH]c4c3CNCC4)cnc2n(C)c1=O. The smallest absolute Gasteiger partial charge is 0.319 e. The molecule has 3 aromatic heterocycles. The largest absolute Gasteiger partial charge is 0.332 e. The number of H-pyrrole nitrogens is 1. The number of nitrogens with one attached hydrogen (secondary N) is 3. The van der Waals surface area contributed by atoms with Crippen LogP contribution in [0, 0.1) is 0 Å². The van der Waals surface area contributed by atoms with Crippen molar-refractivity contribution >= 4 is 47.4 Å². The number of aryl methyl sites for hydroxylation is 1. The first-order valence-corrected chi connectivity index (χ1v) is 8.11. The van der Waals surface area contributed by atoms with Crippen LogP contribution in [0.5, 0.6) is 0 Å². The Morgan fingerprint density at radius 2 is 1.96 bits per heavy atom. The lowest BCUT2D eigenvalue weighted by atomic mass is 10.1. The molecule has 10 nitrogen and oxygen atoms in total. The molecule has 1 aliphatic rings. The van der Waals surface area contributed by atoms with Gasteiger partial charge in [0.05, 0.1) is 17.3 Å². The first-order chi connectivity index (χ1) is 12.5. The molecule has 1 amide bonds. The molecule has 3 N–H and O–H groups in total. The van der Waals surface area contributed by atoms with Crippen molar-refractivity contribution in [2.75, 3.05) is 11.9 Å². The van der Waals surface area contributed by atoms with E-state index in [1.165, 1.54) is 23.9 Å². The predicted octanol–water partition coefficient (Wildman–Crippen LogP) is 0.0969. The second kappa shape index (κ2) is 8.13. The fourth-order valence-electron chi connectivity index (χ4n) is 3.14. The molecule has 0 aromatic carbocycles. The molecule has 0 atom stereocenters. The summed E-state index contributed by atoms with van der Waals surface area (Å²) < 4.78 is 2.30. The number of hydrogen-bond donors (Lipinski definition) is 3. The highest BCUT2D eigenvalue weighted by molar-refractivity contribution is 6.04. The zero-order valence-electron chi connectivity index (χ0n) is 15.1. The summed E-state index contributed by atoms with van der Waals surface area (Å²) in [4.78, 5) is 41.0. The second-order valence-corrected chi connectivity index (χ2v) is 6.21. The standard InChI is InChI=1S/C16H17N7O3.2ClH/c1-22-13-9(15(25)23(2)16(22)26)5-8(6-18-13)19-14(24)12-10-7-17-4-3-11(10)20-21-12;;/h5-6,17H,3-4,7H2,1-2H3,(H,19,24)(H,20,21);2*1H. The molecule has 0 aliphatic carbocycles. The molecule has 1 aliphatic heterocycles. The Bertz CT molecular complexity index is 1170. The number of aromatic amines is 1. The van der Waals surface area contributed by atoms with Crippen LogP contribution in [-0.4, -0.2) is 36.8 Å². The third-order valence-electron chi connectivity index (χ3n) is 4.57. The van der Waals surface area contributed by atoms with E-state index in [1.807, 2.05) is 0 Å². The minimum absolute atomic E-state index is 0. The van der Waals surface area contributed by atoms with E-state index < -0.39 is 11.2 Å². The van der Waals surface area contributed by atoms with Gasteiger partial charge in [0.25, 0.3) is 11.5 Å². The lowest BCUT2D eigenvalue weighted by Crippen LogP contribution is -2.37. The Labute approximate surface area is 171 Å². The summed E-state index contributed by atoms with van der Waals surface area (Å²) >= 11 is 0. The summed E-state index contributed by atoms with van der Waals surface area (Å²) in [6.45, 7) is 1.42. The van der Waals surface area contributed by atoms with Crippen LogP contribution in [0.2, 0.25) is 0 Å². The zero-order valence-corrected chi connectivity index (χ0v) is 16.7. The molecule has 28 heavy (non-hydrogen) atoms. The molecule has 4 rings (SSSR count). The van der Waals surface area contributed by atoms with E-state index in [0.29, 0.717) is 17.9 Å². The maximum absolute atomic E-state index is 12.6. The molecule has 0 bridgehead atoms. The van der Waals surface area contributed by atoms with E-state index in [-0.39, 0.29) is 41.8 Å². The van der Waals surface area contributed by atoms with E-state index >= 15 is 0 Å². The summed E-state index contributed by atoms with van der Waals surface area (Å²) in [7, 11) is 2.94.